The zero-order chi connectivity index (χ0) is 15.1. The van der Waals surface area contributed by atoms with Gasteiger partial charge in [0.05, 0.1) is 22.3 Å². The molecule has 0 unspecified atom stereocenters. The van der Waals surface area contributed by atoms with Crippen molar-refractivity contribution in [3.63, 3.8) is 0 Å². The van der Waals surface area contributed by atoms with Crippen LogP contribution in [-0.2, 0) is 11.2 Å². The Morgan fingerprint density at radius 3 is 2.77 bits per heavy atom. The number of nitrogens with zero attached hydrogens (tertiary/aromatic N) is 2. The molecule has 0 radical (unpaired) electrons. The smallest absolute Gasteiger partial charge is 0.307 e. The van der Waals surface area contributed by atoms with E-state index in [0.29, 0.717) is 0 Å². The number of rotatable bonds is 3. The van der Waals surface area contributed by atoms with Gasteiger partial charge in [0.2, 0.25) is 0 Å². The highest BCUT2D eigenvalue weighted by atomic mass is 32.1. The van der Waals surface area contributed by atoms with Gasteiger partial charge >= 0.3 is 5.97 Å². The predicted octanol–water partition coefficient (Wildman–Crippen LogP) is 3.84. The van der Waals surface area contributed by atoms with Crippen LogP contribution in [-0.4, -0.2) is 20.5 Å². The SMILES string of the molecule is O=C(O)Cc1c2ccccc2n2c(-c3cccs3)nccc12. The Kier molecular flexibility index (Phi) is 2.94. The van der Waals surface area contributed by atoms with Crippen molar-refractivity contribution in [2.45, 2.75) is 6.42 Å². The van der Waals surface area contributed by atoms with E-state index < -0.39 is 5.97 Å². The number of thiophene rings is 1. The summed E-state index contributed by atoms with van der Waals surface area (Å²) in [5.74, 6) is 0.0214. The lowest BCUT2D eigenvalue weighted by Gasteiger charge is -2.04. The molecule has 0 spiro atoms. The topological polar surface area (TPSA) is 54.6 Å². The summed E-state index contributed by atoms with van der Waals surface area (Å²) in [6.07, 6.45) is 1.75. The highest BCUT2D eigenvalue weighted by Crippen LogP contribution is 2.32. The van der Waals surface area contributed by atoms with Crippen molar-refractivity contribution in [2.75, 3.05) is 0 Å². The Morgan fingerprint density at radius 1 is 1.14 bits per heavy atom. The first-order chi connectivity index (χ1) is 10.8. The van der Waals surface area contributed by atoms with E-state index in [1.54, 1.807) is 17.5 Å². The molecule has 22 heavy (non-hydrogen) atoms. The molecule has 4 aromatic rings. The van der Waals surface area contributed by atoms with Crippen molar-refractivity contribution in [3.05, 3.63) is 59.6 Å². The minimum absolute atomic E-state index is 0.00487. The van der Waals surface area contributed by atoms with E-state index in [2.05, 4.69) is 9.38 Å². The van der Waals surface area contributed by atoms with Crippen molar-refractivity contribution < 1.29 is 9.90 Å². The number of hydrogen-bond donors (Lipinski definition) is 1. The van der Waals surface area contributed by atoms with Crippen LogP contribution >= 0.6 is 11.3 Å². The molecule has 0 amide bonds. The molecular weight excluding hydrogens is 296 g/mol. The molecule has 4 nitrogen and oxygen atoms in total. The van der Waals surface area contributed by atoms with Crippen LogP contribution in [0.3, 0.4) is 0 Å². The van der Waals surface area contributed by atoms with Crippen LogP contribution in [0.5, 0.6) is 0 Å². The van der Waals surface area contributed by atoms with Gasteiger partial charge in [0.1, 0.15) is 0 Å². The van der Waals surface area contributed by atoms with Crippen LogP contribution in [0.4, 0.5) is 0 Å². The van der Waals surface area contributed by atoms with Gasteiger partial charge in [-0.3, -0.25) is 9.20 Å². The Morgan fingerprint density at radius 2 is 2.00 bits per heavy atom. The average Bonchev–Trinajstić information content (AvgIpc) is 3.15. The fraction of sp³-hybridized carbons (Fsp3) is 0.0588. The number of carbonyl (C=O) groups is 1. The maximum Gasteiger partial charge on any atom is 0.307 e. The van der Waals surface area contributed by atoms with Gasteiger partial charge in [-0.25, -0.2) is 4.98 Å². The lowest BCUT2D eigenvalue weighted by atomic mass is 10.1. The second-order valence-electron chi connectivity index (χ2n) is 5.03. The Labute approximate surface area is 130 Å². The van der Waals surface area contributed by atoms with Crippen LogP contribution in [0.1, 0.15) is 5.56 Å². The fourth-order valence-electron chi connectivity index (χ4n) is 2.88. The van der Waals surface area contributed by atoms with Gasteiger partial charge in [0.15, 0.2) is 5.82 Å². The number of hydrogen-bond acceptors (Lipinski definition) is 3. The van der Waals surface area contributed by atoms with Gasteiger partial charge in [-0.1, -0.05) is 24.3 Å². The maximum absolute atomic E-state index is 11.2. The number of carboxylic acids is 1. The molecule has 0 aliphatic heterocycles. The van der Waals surface area contributed by atoms with E-state index in [1.165, 1.54) is 0 Å². The van der Waals surface area contributed by atoms with E-state index in [1.807, 2.05) is 47.8 Å². The molecule has 1 aromatic carbocycles. The lowest BCUT2D eigenvalue weighted by Crippen LogP contribution is -2.00. The van der Waals surface area contributed by atoms with Gasteiger partial charge in [0, 0.05) is 11.6 Å². The summed E-state index contributed by atoms with van der Waals surface area (Å²) in [6, 6.07) is 13.8. The van der Waals surface area contributed by atoms with E-state index in [0.717, 1.165) is 32.7 Å². The van der Waals surface area contributed by atoms with Crippen molar-refractivity contribution >= 4 is 33.7 Å². The van der Waals surface area contributed by atoms with Crippen LogP contribution < -0.4 is 0 Å². The normalized spacial score (nSPS) is 11.3. The van der Waals surface area contributed by atoms with E-state index >= 15 is 0 Å². The van der Waals surface area contributed by atoms with E-state index in [4.69, 9.17) is 0 Å². The third-order valence-electron chi connectivity index (χ3n) is 3.73. The summed E-state index contributed by atoms with van der Waals surface area (Å²) in [5, 5.41) is 12.2. The summed E-state index contributed by atoms with van der Waals surface area (Å²) >= 11 is 1.62. The highest BCUT2D eigenvalue weighted by Gasteiger charge is 2.17. The third kappa shape index (κ3) is 1.90. The zero-order valence-electron chi connectivity index (χ0n) is 11.6. The number of carboxylic acid groups (broad SMARTS) is 1. The lowest BCUT2D eigenvalue weighted by molar-refractivity contribution is -0.136. The second kappa shape index (κ2) is 4.96. The third-order valence-corrected chi connectivity index (χ3v) is 4.60. The number of para-hydroxylation sites is 1. The molecule has 3 heterocycles. The first kappa shape index (κ1) is 13.0. The summed E-state index contributed by atoms with van der Waals surface area (Å²) < 4.78 is 2.06. The summed E-state index contributed by atoms with van der Waals surface area (Å²) in [7, 11) is 0. The first-order valence-corrected chi connectivity index (χ1v) is 7.76. The van der Waals surface area contributed by atoms with Crippen LogP contribution in [0, 0.1) is 0 Å². The van der Waals surface area contributed by atoms with Crippen LogP contribution in [0.25, 0.3) is 27.1 Å². The Hall–Kier alpha value is -2.66. The highest BCUT2D eigenvalue weighted by molar-refractivity contribution is 7.13. The number of aliphatic carboxylic acids is 1. The van der Waals surface area contributed by atoms with E-state index in [-0.39, 0.29) is 6.42 Å². The molecule has 5 heteroatoms. The van der Waals surface area contributed by atoms with Crippen LogP contribution in [0.2, 0.25) is 0 Å². The quantitative estimate of drug-likeness (QED) is 0.625. The van der Waals surface area contributed by atoms with Crippen LogP contribution in [0.15, 0.2) is 54.0 Å². The minimum atomic E-state index is -0.826. The van der Waals surface area contributed by atoms with E-state index in [9.17, 15) is 9.90 Å². The van der Waals surface area contributed by atoms with Crippen molar-refractivity contribution in [2.24, 2.45) is 0 Å². The molecule has 3 aromatic heterocycles. The Balaban J connectivity index is 2.16. The molecule has 4 rings (SSSR count). The fourth-order valence-corrected chi connectivity index (χ4v) is 3.59. The van der Waals surface area contributed by atoms with Gasteiger partial charge in [-0.15, -0.1) is 11.3 Å². The zero-order valence-corrected chi connectivity index (χ0v) is 12.4. The van der Waals surface area contributed by atoms with Gasteiger partial charge < -0.3 is 5.11 Å². The molecule has 0 saturated heterocycles. The molecule has 108 valence electrons. The number of benzene rings is 1. The molecule has 0 bridgehead atoms. The monoisotopic (exact) mass is 308 g/mol. The summed E-state index contributed by atoms with van der Waals surface area (Å²) in [4.78, 5) is 16.8. The minimum Gasteiger partial charge on any atom is -0.481 e. The molecule has 0 fully saturated rings. The molecule has 0 saturated carbocycles. The molecule has 0 aliphatic rings. The Bertz CT molecular complexity index is 987. The van der Waals surface area contributed by atoms with Crippen molar-refractivity contribution in [3.8, 4) is 10.7 Å². The maximum atomic E-state index is 11.2. The molecule has 0 atom stereocenters. The number of aromatic nitrogens is 2. The van der Waals surface area contributed by atoms with Crippen molar-refractivity contribution in [1.82, 2.24) is 9.38 Å². The number of fused-ring (bicyclic) bond motifs is 3. The van der Waals surface area contributed by atoms with Gasteiger partial charge in [0.25, 0.3) is 0 Å². The molecular formula is C17H12N2O2S. The average molecular weight is 308 g/mol. The molecule has 0 aliphatic carbocycles. The largest absolute Gasteiger partial charge is 0.481 e. The second-order valence-corrected chi connectivity index (χ2v) is 5.98. The predicted molar refractivity (Wildman–Crippen MR) is 87.4 cm³/mol. The van der Waals surface area contributed by atoms with Gasteiger partial charge in [-0.2, -0.15) is 0 Å². The standard InChI is InChI=1S/C17H12N2O2S/c20-16(21)10-12-11-4-1-2-5-13(11)19-14(12)7-8-18-17(19)15-6-3-9-22-15/h1-9H,10H2,(H,20,21). The van der Waals surface area contributed by atoms with Crippen molar-refractivity contribution in [1.29, 1.82) is 0 Å². The molecule has 1 N–H and O–H groups in total. The summed E-state index contributed by atoms with van der Waals surface area (Å²) in [6.45, 7) is 0. The first-order valence-electron chi connectivity index (χ1n) is 6.88. The summed E-state index contributed by atoms with van der Waals surface area (Å²) in [5.41, 5.74) is 2.73. The van der Waals surface area contributed by atoms with Gasteiger partial charge in [-0.05, 0) is 29.1 Å².